The molecule has 6 heteroatoms. The summed E-state index contributed by atoms with van der Waals surface area (Å²) in [5, 5.41) is 3.02. The van der Waals surface area contributed by atoms with Crippen molar-refractivity contribution >= 4 is 15.7 Å². The summed E-state index contributed by atoms with van der Waals surface area (Å²) >= 11 is 0. The largest absolute Gasteiger partial charge is 0.313 e. The highest BCUT2D eigenvalue weighted by atomic mass is 32.2. The predicted octanol–water partition coefficient (Wildman–Crippen LogP) is 1.87. The molecular weight excluding hydrogens is 255 g/mol. The lowest BCUT2D eigenvalue weighted by atomic mass is 10.2. The van der Waals surface area contributed by atoms with E-state index in [1.165, 1.54) is 12.1 Å². The normalized spacial score (nSPS) is 11.8. The van der Waals surface area contributed by atoms with Gasteiger partial charge in [-0.15, -0.1) is 0 Å². The summed E-state index contributed by atoms with van der Waals surface area (Å²) in [6.07, 6.45) is 0. The number of sulfonamides is 1. The van der Waals surface area contributed by atoms with E-state index < -0.39 is 15.8 Å². The van der Waals surface area contributed by atoms with Crippen LogP contribution in [0.4, 0.5) is 10.1 Å². The summed E-state index contributed by atoms with van der Waals surface area (Å²) < 4.78 is 38.9. The maximum absolute atomic E-state index is 13.1. The van der Waals surface area contributed by atoms with Crippen LogP contribution in [0.1, 0.15) is 19.4 Å². The zero-order valence-corrected chi connectivity index (χ0v) is 11.6. The van der Waals surface area contributed by atoms with Crippen molar-refractivity contribution in [2.75, 3.05) is 17.0 Å². The van der Waals surface area contributed by atoms with Gasteiger partial charge in [-0.3, -0.25) is 4.72 Å². The quantitative estimate of drug-likeness (QED) is 0.832. The molecule has 0 heterocycles. The number of nitrogens with one attached hydrogen (secondary N) is 2. The molecule has 0 aliphatic carbocycles. The lowest BCUT2D eigenvalue weighted by Gasteiger charge is -2.11. The molecule has 102 valence electrons. The Morgan fingerprint density at radius 3 is 2.50 bits per heavy atom. The van der Waals surface area contributed by atoms with Crippen LogP contribution in [0.5, 0.6) is 0 Å². The average molecular weight is 274 g/mol. The fourth-order valence-electron chi connectivity index (χ4n) is 1.51. The predicted molar refractivity (Wildman–Crippen MR) is 71.7 cm³/mol. The van der Waals surface area contributed by atoms with Gasteiger partial charge in [0.15, 0.2) is 0 Å². The summed E-state index contributed by atoms with van der Waals surface area (Å²) in [6, 6.07) is 4.34. The minimum absolute atomic E-state index is 0.0409. The van der Waals surface area contributed by atoms with E-state index in [-0.39, 0.29) is 17.5 Å². The molecule has 0 aromatic heterocycles. The molecule has 0 radical (unpaired) electrons. The fourth-order valence-corrected chi connectivity index (χ4v) is 2.47. The van der Waals surface area contributed by atoms with Crippen LogP contribution in [0.3, 0.4) is 0 Å². The molecule has 1 aromatic carbocycles. The SMILES string of the molecule is Cc1cc(F)cc(NS(=O)(=O)CCNC(C)C)c1. The molecule has 0 saturated heterocycles. The van der Waals surface area contributed by atoms with Crippen LogP contribution in [0.2, 0.25) is 0 Å². The van der Waals surface area contributed by atoms with Crippen molar-refractivity contribution in [3.8, 4) is 0 Å². The van der Waals surface area contributed by atoms with Crippen LogP contribution in [-0.4, -0.2) is 26.8 Å². The van der Waals surface area contributed by atoms with Crippen LogP contribution in [0, 0.1) is 12.7 Å². The Labute approximate surface area is 108 Å². The van der Waals surface area contributed by atoms with Crippen molar-refractivity contribution in [2.24, 2.45) is 0 Å². The van der Waals surface area contributed by atoms with Crippen LogP contribution >= 0.6 is 0 Å². The van der Waals surface area contributed by atoms with Gasteiger partial charge in [-0.2, -0.15) is 0 Å². The van der Waals surface area contributed by atoms with Crippen molar-refractivity contribution in [2.45, 2.75) is 26.8 Å². The van der Waals surface area contributed by atoms with Crippen LogP contribution in [0.15, 0.2) is 18.2 Å². The lowest BCUT2D eigenvalue weighted by Crippen LogP contribution is -2.30. The van der Waals surface area contributed by atoms with Crippen molar-refractivity contribution in [1.82, 2.24) is 5.32 Å². The van der Waals surface area contributed by atoms with E-state index in [1.54, 1.807) is 13.0 Å². The Bertz CT molecular complexity index is 481. The molecule has 0 spiro atoms. The van der Waals surface area contributed by atoms with E-state index in [2.05, 4.69) is 10.0 Å². The second-order valence-electron chi connectivity index (χ2n) is 4.55. The van der Waals surface area contributed by atoms with Crippen molar-refractivity contribution < 1.29 is 12.8 Å². The highest BCUT2D eigenvalue weighted by Crippen LogP contribution is 2.14. The van der Waals surface area contributed by atoms with Gasteiger partial charge < -0.3 is 5.32 Å². The van der Waals surface area contributed by atoms with E-state index in [1.807, 2.05) is 13.8 Å². The second-order valence-corrected chi connectivity index (χ2v) is 6.39. The zero-order chi connectivity index (χ0) is 13.8. The van der Waals surface area contributed by atoms with Gasteiger partial charge in [0.25, 0.3) is 0 Å². The van der Waals surface area contributed by atoms with Gasteiger partial charge in [0, 0.05) is 12.6 Å². The first kappa shape index (κ1) is 14.9. The van der Waals surface area contributed by atoms with E-state index in [0.29, 0.717) is 12.1 Å². The molecule has 0 unspecified atom stereocenters. The average Bonchev–Trinajstić information content (AvgIpc) is 2.12. The van der Waals surface area contributed by atoms with E-state index in [0.717, 1.165) is 0 Å². The van der Waals surface area contributed by atoms with Crippen LogP contribution in [-0.2, 0) is 10.0 Å². The van der Waals surface area contributed by atoms with Crippen molar-refractivity contribution in [3.63, 3.8) is 0 Å². The van der Waals surface area contributed by atoms with Gasteiger partial charge >= 0.3 is 0 Å². The third-order valence-corrected chi connectivity index (χ3v) is 3.53. The Balaban J connectivity index is 2.64. The maximum Gasteiger partial charge on any atom is 0.233 e. The van der Waals surface area contributed by atoms with Crippen LogP contribution in [0.25, 0.3) is 0 Å². The topological polar surface area (TPSA) is 58.2 Å². The summed E-state index contributed by atoms with van der Waals surface area (Å²) in [7, 11) is -3.44. The molecular formula is C12H19FN2O2S. The molecule has 18 heavy (non-hydrogen) atoms. The molecule has 1 aromatic rings. The van der Waals surface area contributed by atoms with E-state index in [9.17, 15) is 12.8 Å². The molecule has 0 amide bonds. The Morgan fingerprint density at radius 1 is 1.28 bits per heavy atom. The smallest absolute Gasteiger partial charge is 0.233 e. The summed E-state index contributed by atoms with van der Waals surface area (Å²) in [5.41, 5.74) is 0.935. The fraction of sp³-hybridized carbons (Fsp3) is 0.500. The molecule has 0 aliphatic rings. The van der Waals surface area contributed by atoms with Gasteiger partial charge in [0.1, 0.15) is 5.82 Å². The third-order valence-electron chi connectivity index (χ3n) is 2.24. The van der Waals surface area contributed by atoms with Gasteiger partial charge in [0.2, 0.25) is 10.0 Å². The molecule has 0 saturated carbocycles. The zero-order valence-electron chi connectivity index (χ0n) is 10.8. The third kappa shape index (κ3) is 5.46. The Kier molecular flexibility index (Phi) is 5.10. The standard InChI is InChI=1S/C12H19FN2O2S/c1-9(2)14-4-5-18(16,17)15-12-7-10(3)6-11(13)8-12/h6-9,14-15H,4-5H2,1-3H3. The van der Waals surface area contributed by atoms with Crippen LogP contribution < -0.4 is 10.0 Å². The molecule has 0 atom stereocenters. The lowest BCUT2D eigenvalue weighted by molar-refractivity contribution is 0.582. The number of halogens is 1. The number of benzene rings is 1. The van der Waals surface area contributed by atoms with Crippen molar-refractivity contribution in [1.29, 1.82) is 0 Å². The number of hydrogen-bond acceptors (Lipinski definition) is 3. The molecule has 0 aliphatic heterocycles. The van der Waals surface area contributed by atoms with E-state index in [4.69, 9.17) is 0 Å². The number of anilines is 1. The molecule has 1 rings (SSSR count). The van der Waals surface area contributed by atoms with E-state index >= 15 is 0 Å². The van der Waals surface area contributed by atoms with Gasteiger partial charge in [-0.25, -0.2) is 12.8 Å². The highest BCUT2D eigenvalue weighted by molar-refractivity contribution is 7.92. The number of aryl methyl sites for hydroxylation is 1. The molecule has 0 fully saturated rings. The Hall–Kier alpha value is -1.14. The second kappa shape index (κ2) is 6.15. The monoisotopic (exact) mass is 274 g/mol. The molecule has 4 nitrogen and oxygen atoms in total. The van der Waals surface area contributed by atoms with Gasteiger partial charge in [-0.05, 0) is 30.7 Å². The first-order chi connectivity index (χ1) is 8.28. The maximum atomic E-state index is 13.1. The van der Waals surface area contributed by atoms with Gasteiger partial charge in [-0.1, -0.05) is 13.8 Å². The molecule has 0 bridgehead atoms. The van der Waals surface area contributed by atoms with Gasteiger partial charge in [0.05, 0.1) is 11.4 Å². The first-order valence-electron chi connectivity index (χ1n) is 5.79. The number of hydrogen-bond donors (Lipinski definition) is 2. The Morgan fingerprint density at radius 2 is 1.94 bits per heavy atom. The minimum Gasteiger partial charge on any atom is -0.313 e. The summed E-state index contributed by atoms with van der Waals surface area (Å²) in [6.45, 7) is 5.95. The minimum atomic E-state index is -3.44. The first-order valence-corrected chi connectivity index (χ1v) is 7.45. The molecule has 2 N–H and O–H groups in total. The summed E-state index contributed by atoms with van der Waals surface area (Å²) in [5.74, 6) is -0.492. The van der Waals surface area contributed by atoms with Crippen molar-refractivity contribution in [3.05, 3.63) is 29.6 Å². The highest BCUT2D eigenvalue weighted by Gasteiger charge is 2.11. The number of rotatable bonds is 6. The summed E-state index contributed by atoms with van der Waals surface area (Å²) in [4.78, 5) is 0.